The number of hydrogen-bond donors (Lipinski definition) is 4. The summed E-state index contributed by atoms with van der Waals surface area (Å²) in [5.41, 5.74) is 21.4. The molecule has 0 fully saturated rings. The third-order valence-electron chi connectivity index (χ3n) is 1.94. The first-order valence-corrected chi connectivity index (χ1v) is 10.3. The van der Waals surface area contributed by atoms with E-state index in [9.17, 15) is 0 Å². The second-order valence-corrected chi connectivity index (χ2v) is 8.15. The minimum absolute atomic E-state index is 0. The zero-order chi connectivity index (χ0) is 16.2. The molecule has 0 saturated carbocycles. The van der Waals surface area contributed by atoms with Crippen LogP contribution in [-0.2, 0) is 11.5 Å². The molecule has 8 nitrogen and oxygen atoms in total. The number of anilines is 2. The van der Waals surface area contributed by atoms with E-state index in [1.165, 1.54) is 22.7 Å². The predicted molar refractivity (Wildman–Crippen MR) is 120 cm³/mol. The third-order valence-corrected chi connectivity index (χ3v) is 5.81. The van der Waals surface area contributed by atoms with Gasteiger partial charge in [-0.2, -0.15) is 23.5 Å². The van der Waals surface area contributed by atoms with Crippen LogP contribution in [0.3, 0.4) is 0 Å². The lowest BCUT2D eigenvalue weighted by atomic mass is 10.8. The number of thioether (sulfide) groups is 2. The van der Waals surface area contributed by atoms with Crippen LogP contribution < -0.4 is 22.9 Å². The lowest BCUT2D eigenvalue weighted by Crippen LogP contribution is -2.01. The van der Waals surface area contributed by atoms with Gasteiger partial charge in [-0.05, 0) is 0 Å². The van der Waals surface area contributed by atoms with Crippen LogP contribution in [0.5, 0.6) is 0 Å². The van der Waals surface area contributed by atoms with Crippen molar-refractivity contribution in [3.8, 4) is 0 Å². The Morgan fingerprint density at radius 2 is 1.08 bits per heavy atom. The van der Waals surface area contributed by atoms with Crippen molar-refractivity contribution in [1.82, 2.24) is 20.4 Å². The van der Waals surface area contributed by atoms with Crippen molar-refractivity contribution in [2.45, 2.75) is 11.5 Å². The summed E-state index contributed by atoms with van der Waals surface area (Å²) in [6.45, 7) is 1.41. The van der Waals surface area contributed by atoms with Crippen LogP contribution in [0.2, 0.25) is 0 Å². The fourth-order valence-corrected chi connectivity index (χ4v) is 4.00. The van der Waals surface area contributed by atoms with Crippen LogP contribution in [0.1, 0.15) is 10.0 Å². The number of halogens is 2. The highest BCUT2D eigenvalue weighted by Crippen LogP contribution is 2.17. The van der Waals surface area contributed by atoms with Gasteiger partial charge >= 0.3 is 0 Å². The molecule has 14 heteroatoms. The SMILES string of the molecule is Br.Br.NCCSCc1nnc(N)s1.NCCSCc1nnc(N)s1. The normalized spacial score (nSPS) is 9.42. The Morgan fingerprint density at radius 1 is 0.708 bits per heavy atom. The lowest BCUT2D eigenvalue weighted by Gasteiger charge is -1.92. The van der Waals surface area contributed by atoms with Crippen LogP contribution >= 0.6 is 80.2 Å². The highest BCUT2D eigenvalue weighted by atomic mass is 79.9. The van der Waals surface area contributed by atoms with Crippen LogP contribution in [0.25, 0.3) is 0 Å². The van der Waals surface area contributed by atoms with E-state index in [2.05, 4.69) is 20.4 Å². The van der Waals surface area contributed by atoms with E-state index in [4.69, 9.17) is 22.9 Å². The van der Waals surface area contributed by atoms with Gasteiger partial charge in [0.25, 0.3) is 0 Å². The van der Waals surface area contributed by atoms with Crippen LogP contribution in [-0.4, -0.2) is 45.0 Å². The quantitative estimate of drug-likeness (QED) is 0.363. The van der Waals surface area contributed by atoms with Crippen LogP contribution in [0.15, 0.2) is 0 Å². The number of nitrogens with two attached hydrogens (primary N) is 4. The van der Waals surface area contributed by atoms with Crippen molar-refractivity contribution in [3.05, 3.63) is 10.0 Å². The minimum atomic E-state index is 0. The molecule has 0 aliphatic rings. The molecule has 0 amide bonds. The van der Waals surface area contributed by atoms with Gasteiger partial charge in [0.05, 0.1) is 0 Å². The maximum Gasteiger partial charge on any atom is 0.203 e. The zero-order valence-electron chi connectivity index (χ0n) is 12.8. The molecule has 0 spiro atoms. The monoisotopic (exact) mass is 540 g/mol. The van der Waals surface area contributed by atoms with Crippen molar-refractivity contribution < 1.29 is 0 Å². The maximum atomic E-state index is 5.39. The number of nitrogens with zero attached hydrogens (tertiary/aromatic N) is 4. The topological polar surface area (TPSA) is 156 Å². The van der Waals surface area contributed by atoms with E-state index < -0.39 is 0 Å². The second kappa shape index (κ2) is 16.8. The average Bonchev–Trinajstić information content (AvgIpc) is 3.09. The van der Waals surface area contributed by atoms with E-state index >= 15 is 0 Å². The molecule has 140 valence electrons. The van der Waals surface area contributed by atoms with E-state index in [0.717, 1.165) is 33.0 Å². The van der Waals surface area contributed by atoms with Crippen molar-refractivity contribution in [2.75, 3.05) is 36.1 Å². The molecule has 0 bridgehead atoms. The van der Waals surface area contributed by atoms with Gasteiger partial charge in [-0.25, -0.2) is 0 Å². The molecule has 0 unspecified atom stereocenters. The summed E-state index contributed by atoms with van der Waals surface area (Å²) in [6.07, 6.45) is 0. The molecule has 24 heavy (non-hydrogen) atoms. The molecule has 0 atom stereocenters. The summed E-state index contributed by atoms with van der Waals surface area (Å²) in [6, 6.07) is 0. The third kappa shape index (κ3) is 12.6. The van der Waals surface area contributed by atoms with Gasteiger partial charge in [0, 0.05) is 36.1 Å². The number of nitrogen functional groups attached to an aromatic ring is 2. The summed E-state index contributed by atoms with van der Waals surface area (Å²) >= 11 is 6.36. The van der Waals surface area contributed by atoms with Crippen LogP contribution in [0.4, 0.5) is 10.3 Å². The Kier molecular flexibility index (Phi) is 18.5. The summed E-state index contributed by atoms with van der Waals surface area (Å²) in [5, 5.41) is 18.2. The highest BCUT2D eigenvalue weighted by molar-refractivity contribution is 8.93. The Balaban J connectivity index is 0. The van der Waals surface area contributed by atoms with Gasteiger partial charge in [0.1, 0.15) is 10.0 Å². The van der Waals surface area contributed by atoms with Gasteiger partial charge in [0.15, 0.2) is 0 Å². The zero-order valence-corrected chi connectivity index (χ0v) is 19.5. The van der Waals surface area contributed by atoms with Gasteiger partial charge in [0.2, 0.25) is 10.3 Å². The molecule has 2 rings (SSSR count). The van der Waals surface area contributed by atoms with E-state index in [1.54, 1.807) is 23.5 Å². The first-order valence-electron chi connectivity index (χ1n) is 6.37. The van der Waals surface area contributed by atoms with Crippen LogP contribution in [0, 0.1) is 0 Å². The lowest BCUT2D eigenvalue weighted by molar-refractivity contribution is 1.04. The summed E-state index contributed by atoms with van der Waals surface area (Å²) < 4.78 is 0. The molecule has 0 aliphatic carbocycles. The molecular formula is C10H22Br2N8S4. The smallest absolute Gasteiger partial charge is 0.203 e. The summed E-state index contributed by atoms with van der Waals surface area (Å²) in [4.78, 5) is 0. The number of hydrogen-bond acceptors (Lipinski definition) is 12. The minimum Gasteiger partial charge on any atom is -0.374 e. The first-order chi connectivity index (χ1) is 10.7. The van der Waals surface area contributed by atoms with E-state index in [-0.39, 0.29) is 34.0 Å². The highest BCUT2D eigenvalue weighted by Gasteiger charge is 2.00. The molecule has 2 aromatic rings. The Labute approximate surface area is 178 Å². The molecule has 0 aromatic carbocycles. The first kappa shape index (κ1) is 26.5. The molecule has 2 heterocycles. The average molecular weight is 542 g/mol. The summed E-state index contributed by atoms with van der Waals surface area (Å²) in [5.74, 6) is 3.65. The van der Waals surface area contributed by atoms with Gasteiger partial charge in [-0.3, -0.25) is 0 Å². The number of aromatic nitrogens is 4. The van der Waals surface area contributed by atoms with E-state index in [1.807, 2.05) is 0 Å². The Hall–Kier alpha value is 0.300. The van der Waals surface area contributed by atoms with Gasteiger partial charge in [-0.15, -0.1) is 54.4 Å². The number of rotatable bonds is 8. The Morgan fingerprint density at radius 3 is 1.33 bits per heavy atom. The predicted octanol–water partition coefficient (Wildman–Crippen LogP) is 1.78. The molecule has 0 radical (unpaired) electrons. The standard InChI is InChI=1S/2C5H10N4S2.2BrH/c2*6-1-2-10-3-4-8-9-5(7)11-4;;/h2*1-3,6H2,(H2,7,9);2*1H. The van der Waals surface area contributed by atoms with Crippen molar-refractivity contribution in [2.24, 2.45) is 11.5 Å². The maximum absolute atomic E-state index is 5.39. The van der Waals surface area contributed by atoms with Crippen molar-refractivity contribution in [1.29, 1.82) is 0 Å². The second-order valence-electron chi connectivity index (χ2n) is 3.75. The Bertz CT molecular complexity index is 480. The molecule has 0 saturated heterocycles. The van der Waals surface area contributed by atoms with Gasteiger partial charge in [-0.1, -0.05) is 22.7 Å². The summed E-state index contributed by atoms with van der Waals surface area (Å²) in [7, 11) is 0. The fraction of sp³-hybridized carbons (Fsp3) is 0.600. The largest absolute Gasteiger partial charge is 0.374 e. The molecule has 8 N–H and O–H groups in total. The molecule has 0 aliphatic heterocycles. The molecular weight excluding hydrogens is 520 g/mol. The molecule has 2 aromatic heterocycles. The van der Waals surface area contributed by atoms with Crippen molar-refractivity contribution in [3.63, 3.8) is 0 Å². The van der Waals surface area contributed by atoms with Crippen molar-refractivity contribution >= 4 is 90.4 Å². The van der Waals surface area contributed by atoms with E-state index in [0.29, 0.717) is 23.4 Å². The fourth-order valence-electron chi connectivity index (χ4n) is 1.14. The van der Waals surface area contributed by atoms with Gasteiger partial charge < -0.3 is 22.9 Å².